The molecule has 0 bridgehead atoms. The highest BCUT2D eigenvalue weighted by Gasteiger charge is 2.14. The molecule has 2 rings (SSSR count). The first-order valence-electron chi connectivity index (χ1n) is 6.50. The summed E-state index contributed by atoms with van der Waals surface area (Å²) < 4.78 is 11.9. The van der Waals surface area contributed by atoms with E-state index in [9.17, 15) is 5.11 Å². The Morgan fingerprint density at radius 3 is 2.57 bits per heavy atom. The summed E-state index contributed by atoms with van der Waals surface area (Å²) in [6.07, 6.45) is 0.706. The molecule has 0 aliphatic rings. The van der Waals surface area contributed by atoms with E-state index in [2.05, 4.69) is 22.5 Å². The van der Waals surface area contributed by atoms with Crippen molar-refractivity contribution in [3.8, 4) is 11.5 Å². The van der Waals surface area contributed by atoms with Crippen LogP contribution in [-0.4, -0.2) is 12.2 Å². The maximum absolute atomic E-state index is 9.94. The van der Waals surface area contributed by atoms with Gasteiger partial charge in [-0.3, -0.25) is 0 Å². The van der Waals surface area contributed by atoms with Crippen LogP contribution in [0.25, 0.3) is 0 Å². The Morgan fingerprint density at radius 2 is 1.95 bits per heavy atom. The fourth-order valence-corrected chi connectivity index (χ4v) is 2.47. The SMILES string of the molecule is C=CC(O)c1cc(OCc2ccccc2)c(OC)cc1Br. The van der Waals surface area contributed by atoms with Crippen LogP contribution >= 0.6 is 15.9 Å². The van der Waals surface area contributed by atoms with Crippen molar-refractivity contribution in [2.75, 3.05) is 7.11 Å². The van der Waals surface area contributed by atoms with Crippen LogP contribution in [0.2, 0.25) is 0 Å². The van der Waals surface area contributed by atoms with Crippen LogP contribution in [0, 0.1) is 0 Å². The summed E-state index contributed by atoms with van der Waals surface area (Å²) >= 11 is 3.42. The summed E-state index contributed by atoms with van der Waals surface area (Å²) in [4.78, 5) is 0. The van der Waals surface area contributed by atoms with Crippen molar-refractivity contribution in [3.05, 3.63) is 70.7 Å². The van der Waals surface area contributed by atoms with E-state index in [0.717, 1.165) is 10.0 Å². The second kappa shape index (κ2) is 7.29. The molecule has 1 N–H and O–H groups in total. The van der Waals surface area contributed by atoms with E-state index in [1.807, 2.05) is 30.3 Å². The molecule has 0 spiro atoms. The van der Waals surface area contributed by atoms with Gasteiger partial charge in [0.25, 0.3) is 0 Å². The lowest BCUT2D eigenvalue weighted by atomic mass is 10.1. The lowest BCUT2D eigenvalue weighted by Crippen LogP contribution is -2.01. The van der Waals surface area contributed by atoms with E-state index >= 15 is 0 Å². The molecule has 0 saturated heterocycles. The van der Waals surface area contributed by atoms with Crippen molar-refractivity contribution in [2.45, 2.75) is 12.7 Å². The second-order valence-corrected chi connectivity index (χ2v) is 5.33. The van der Waals surface area contributed by atoms with Crippen LogP contribution in [0.5, 0.6) is 11.5 Å². The summed E-state index contributed by atoms with van der Waals surface area (Å²) in [6, 6.07) is 13.4. The first-order chi connectivity index (χ1) is 10.2. The molecule has 0 saturated carbocycles. The van der Waals surface area contributed by atoms with Crippen molar-refractivity contribution in [1.82, 2.24) is 0 Å². The first kappa shape index (κ1) is 15.6. The molecule has 0 aliphatic carbocycles. The van der Waals surface area contributed by atoms with Crippen molar-refractivity contribution in [2.24, 2.45) is 0 Å². The van der Waals surface area contributed by atoms with Gasteiger partial charge >= 0.3 is 0 Å². The molecular weight excluding hydrogens is 332 g/mol. The predicted molar refractivity (Wildman–Crippen MR) is 86.6 cm³/mol. The number of methoxy groups -OCH3 is 1. The number of halogens is 1. The van der Waals surface area contributed by atoms with Crippen LogP contribution in [0.3, 0.4) is 0 Å². The van der Waals surface area contributed by atoms with E-state index in [1.54, 1.807) is 19.2 Å². The molecule has 0 aromatic heterocycles. The third-order valence-corrected chi connectivity index (χ3v) is 3.75. The van der Waals surface area contributed by atoms with Gasteiger partial charge in [0.05, 0.1) is 13.2 Å². The Balaban J connectivity index is 2.26. The fourth-order valence-electron chi connectivity index (χ4n) is 1.91. The molecule has 110 valence electrons. The van der Waals surface area contributed by atoms with Gasteiger partial charge in [-0.2, -0.15) is 0 Å². The zero-order valence-electron chi connectivity index (χ0n) is 11.8. The van der Waals surface area contributed by atoms with Crippen molar-refractivity contribution < 1.29 is 14.6 Å². The molecular formula is C17H17BrO3. The first-order valence-corrected chi connectivity index (χ1v) is 7.29. The van der Waals surface area contributed by atoms with Gasteiger partial charge in [0.1, 0.15) is 6.61 Å². The average molecular weight is 349 g/mol. The molecule has 1 unspecified atom stereocenters. The van der Waals surface area contributed by atoms with Crippen molar-refractivity contribution in [1.29, 1.82) is 0 Å². The van der Waals surface area contributed by atoms with Gasteiger partial charge in [0.15, 0.2) is 11.5 Å². The minimum absolute atomic E-state index is 0.433. The van der Waals surface area contributed by atoms with Gasteiger partial charge in [-0.05, 0) is 17.7 Å². The fraction of sp³-hybridized carbons (Fsp3) is 0.176. The molecule has 0 radical (unpaired) electrons. The Labute approximate surface area is 133 Å². The number of rotatable bonds is 6. The minimum atomic E-state index is -0.760. The van der Waals surface area contributed by atoms with Crippen molar-refractivity contribution in [3.63, 3.8) is 0 Å². The Morgan fingerprint density at radius 1 is 1.24 bits per heavy atom. The molecule has 0 fully saturated rings. The smallest absolute Gasteiger partial charge is 0.162 e. The van der Waals surface area contributed by atoms with Crippen LogP contribution in [0.15, 0.2) is 59.6 Å². The molecule has 2 aromatic carbocycles. The van der Waals surface area contributed by atoms with E-state index in [-0.39, 0.29) is 0 Å². The topological polar surface area (TPSA) is 38.7 Å². The third-order valence-electron chi connectivity index (χ3n) is 3.06. The lowest BCUT2D eigenvalue weighted by Gasteiger charge is -2.15. The minimum Gasteiger partial charge on any atom is -0.493 e. The monoisotopic (exact) mass is 348 g/mol. The summed E-state index contributed by atoms with van der Waals surface area (Å²) in [5, 5.41) is 9.94. The molecule has 21 heavy (non-hydrogen) atoms. The highest BCUT2D eigenvalue weighted by Crippen LogP contribution is 2.36. The molecule has 0 aliphatic heterocycles. The van der Waals surface area contributed by atoms with Gasteiger partial charge in [-0.15, -0.1) is 6.58 Å². The predicted octanol–water partition coefficient (Wildman–Crippen LogP) is 4.26. The lowest BCUT2D eigenvalue weighted by molar-refractivity contribution is 0.226. The summed E-state index contributed by atoms with van der Waals surface area (Å²) in [7, 11) is 1.58. The third kappa shape index (κ3) is 3.86. The highest BCUT2D eigenvalue weighted by molar-refractivity contribution is 9.10. The summed E-state index contributed by atoms with van der Waals surface area (Å²) in [5.74, 6) is 1.19. The largest absolute Gasteiger partial charge is 0.493 e. The molecule has 1 atom stereocenters. The Hall–Kier alpha value is -1.78. The van der Waals surface area contributed by atoms with Crippen LogP contribution in [0.1, 0.15) is 17.2 Å². The molecule has 3 nitrogen and oxygen atoms in total. The number of hydrogen-bond donors (Lipinski definition) is 1. The average Bonchev–Trinajstić information content (AvgIpc) is 2.53. The maximum Gasteiger partial charge on any atom is 0.162 e. The van der Waals surface area contributed by atoms with Gasteiger partial charge in [0, 0.05) is 10.0 Å². The molecule has 0 amide bonds. The number of ether oxygens (including phenoxy) is 2. The number of hydrogen-bond acceptors (Lipinski definition) is 3. The van der Waals surface area contributed by atoms with Gasteiger partial charge in [-0.25, -0.2) is 0 Å². The number of benzene rings is 2. The van der Waals surface area contributed by atoms with Gasteiger partial charge < -0.3 is 14.6 Å². The van der Waals surface area contributed by atoms with Gasteiger partial charge in [0.2, 0.25) is 0 Å². The second-order valence-electron chi connectivity index (χ2n) is 4.48. The molecule has 2 aromatic rings. The number of aliphatic hydroxyl groups is 1. The van der Waals surface area contributed by atoms with Crippen LogP contribution in [-0.2, 0) is 6.61 Å². The standard InChI is InChI=1S/C17H17BrO3/c1-3-15(19)13-9-17(16(20-2)10-14(13)18)21-11-12-7-5-4-6-8-12/h3-10,15,19H,1,11H2,2H3. The van der Waals surface area contributed by atoms with E-state index < -0.39 is 6.10 Å². The Bertz CT molecular complexity index is 611. The zero-order valence-corrected chi connectivity index (χ0v) is 13.3. The highest BCUT2D eigenvalue weighted by atomic mass is 79.9. The molecule has 4 heteroatoms. The van der Waals surface area contributed by atoms with Crippen LogP contribution < -0.4 is 9.47 Å². The van der Waals surface area contributed by atoms with E-state index in [1.165, 1.54) is 6.08 Å². The van der Waals surface area contributed by atoms with Crippen LogP contribution in [0.4, 0.5) is 0 Å². The quantitative estimate of drug-likeness (QED) is 0.792. The number of aliphatic hydroxyl groups excluding tert-OH is 1. The summed E-state index contributed by atoms with van der Waals surface area (Å²) in [6.45, 7) is 4.03. The normalized spacial score (nSPS) is 11.8. The summed E-state index contributed by atoms with van der Waals surface area (Å²) in [5.41, 5.74) is 1.75. The van der Waals surface area contributed by atoms with E-state index in [4.69, 9.17) is 9.47 Å². The zero-order chi connectivity index (χ0) is 15.2. The van der Waals surface area contributed by atoms with E-state index in [0.29, 0.717) is 23.7 Å². The van der Waals surface area contributed by atoms with Crippen molar-refractivity contribution >= 4 is 15.9 Å². The maximum atomic E-state index is 9.94. The Kier molecular flexibility index (Phi) is 5.42. The van der Waals surface area contributed by atoms with Gasteiger partial charge in [-0.1, -0.05) is 52.3 Å². The molecule has 0 heterocycles.